The molecule has 3 aromatic heterocycles. The minimum absolute atomic E-state index is 0.206. The number of anilines is 1. The topological polar surface area (TPSA) is 96.6 Å². The van der Waals surface area contributed by atoms with E-state index in [0.717, 1.165) is 4.52 Å². The van der Waals surface area contributed by atoms with E-state index in [1.807, 2.05) is 0 Å². The van der Waals surface area contributed by atoms with Crippen LogP contribution in [0, 0.1) is 0 Å². The van der Waals surface area contributed by atoms with Crippen LogP contribution in [-0.4, -0.2) is 63.3 Å². The van der Waals surface area contributed by atoms with Crippen LogP contribution >= 0.6 is 0 Å². The number of hydrogen-bond donors (Lipinski definition) is 3. The summed E-state index contributed by atoms with van der Waals surface area (Å²) in [5.41, 5.74) is -3.11. The number of rotatable bonds is 5. The fraction of sp³-hybridized carbons (Fsp3) is 0.421. The van der Waals surface area contributed by atoms with Crippen molar-refractivity contribution in [3.63, 3.8) is 0 Å². The Balaban J connectivity index is 1.77. The molecule has 0 bridgehead atoms. The van der Waals surface area contributed by atoms with Crippen molar-refractivity contribution in [2.75, 3.05) is 25.5 Å². The van der Waals surface area contributed by atoms with Crippen LogP contribution < -0.4 is 15.4 Å². The van der Waals surface area contributed by atoms with Crippen LogP contribution in [0.2, 0.25) is 0 Å². The van der Waals surface area contributed by atoms with E-state index < -0.39 is 29.7 Å². The van der Waals surface area contributed by atoms with Crippen molar-refractivity contribution in [3.05, 3.63) is 36.2 Å². The summed E-state index contributed by atoms with van der Waals surface area (Å²) >= 11 is 0. The van der Waals surface area contributed by atoms with Crippen LogP contribution in [-0.2, 0) is 5.60 Å². The number of pyridine rings is 1. The molecule has 1 aliphatic rings. The first-order chi connectivity index (χ1) is 14.6. The highest BCUT2D eigenvalue weighted by molar-refractivity contribution is 5.62. The molecule has 1 fully saturated rings. The van der Waals surface area contributed by atoms with Crippen LogP contribution in [0.5, 0.6) is 5.75 Å². The summed E-state index contributed by atoms with van der Waals surface area (Å²) in [6.07, 6.45) is -4.65. The van der Waals surface area contributed by atoms with E-state index in [1.165, 1.54) is 19.4 Å². The molecule has 4 heterocycles. The van der Waals surface area contributed by atoms with Gasteiger partial charge in [-0.1, -0.05) is 6.07 Å². The Morgan fingerprint density at radius 1 is 1.29 bits per heavy atom. The molecule has 0 saturated carbocycles. The lowest BCUT2D eigenvalue weighted by molar-refractivity contribution is -0.261. The molecule has 31 heavy (non-hydrogen) atoms. The van der Waals surface area contributed by atoms with Gasteiger partial charge in [0, 0.05) is 19.2 Å². The summed E-state index contributed by atoms with van der Waals surface area (Å²) in [6.45, 7) is 1.30. The zero-order valence-corrected chi connectivity index (χ0v) is 16.6. The standard InChI is InChI=1S/C19H20F4N6O2/c1-18(30,19(21,22)23)17-14(31-2)6-16-25-9-13(29(16)28-17)11-4-3-5-15(26-11)27-12-8-24-7-10(12)20/h3-6,9-10,12,24,30H,7-8H2,1-2H3,(H,26,27)/t10?,12-,18?/m0/s1. The number of nitrogens with zero attached hydrogens (tertiary/aromatic N) is 4. The van der Waals surface area contributed by atoms with E-state index >= 15 is 0 Å². The number of nitrogens with one attached hydrogen (secondary N) is 2. The van der Waals surface area contributed by atoms with Crippen molar-refractivity contribution in [2.24, 2.45) is 0 Å². The Morgan fingerprint density at radius 2 is 2.06 bits per heavy atom. The van der Waals surface area contributed by atoms with Gasteiger partial charge in [0.05, 0.1) is 25.0 Å². The number of aromatic nitrogens is 4. The zero-order chi connectivity index (χ0) is 22.4. The smallest absolute Gasteiger partial charge is 0.422 e. The number of alkyl halides is 4. The van der Waals surface area contributed by atoms with E-state index in [4.69, 9.17) is 4.74 Å². The van der Waals surface area contributed by atoms with Gasteiger partial charge in [0.25, 0.3) is 0 Å². The van der Waals surface area contributed by atoms with Gasteiger partial charge in [-0.15, -0.1) is 0 Å². The molecular formula is C19H20F4N6O2. The van der Waals surface area contributed by atoms with Gasteiger partial charge in [-0.2, -0.15) is 18.3 Å². The highest BCUT2D eigenvalue weighted by Gasteiger charge is 2.54. The molecule has 0 spiro atoms. The van der Waals surface area contributed by atoms with Gasteiger partial charge in [0.15, 0.2) is 5.65 Å². The lowest BCUT2D eigenvalue weighted by atomic mass is 10.0. The van der Waals surface area contributed by atoms with E-state index in [0.29, 0.717) is 30.7 Å². The molecule has 0 radical (unpaired) electrons. The summed E-state index contributed by atoms with van der Waals surface area (Å²) in [4.78, 5) is 8.59. The van der Waals surface area contributed by atoms with Crippen LogP contribution in [0.1, 0.15) is 12.6 Å². The molecule has 8 nitrogen and oxygen atoms in total. The second-order valence-electron chi connectivity index (χ2n) is 7.38. The highest BCUT2D eigenvalue weighted by atomic mass is 19.4. The van der Waals surface area contributed by atoms with Crippen LogP contribution in [0.4, 0.5) is 23.4 Å². The molecule has 166 valence electrons. The Morgan fingerprint density at radius 3 is 2.71 bits per heavy atom. The molecule has 12 heteroatoms. The minimum atomic E-state index is -4.98. The summed E-state index contributed by atoms with van der Waals surface area (Å²) in [7, 11) is 1.18. The van der Waals surface area contributed by atoms with Gasteiger partial charge < -0.3 is 20.5 Å². The summed E-state index contributed by atoms with van der Waals surface area (Å²) in [5, 5.41) is 20.1. The normalized spacial score (nSPS) is 21.3. The third-order valence-electron chi connectivity index (χ3n) is 5.18. The fourth-order valence-corrected chi connectivity index (χ4v) is 3.34. The number of hydrogen-bond acceptors (Lipinski definition) is 7. The first kappa shape index (κ1) is 21.2. The molecule has 3 N–H and O–H groups in total. The third kappa shape index (κ3) is 3.76. The van der Waals surface area contributed by atoms with Gasteiger partial charge in [-0.3, -0.25) is 0 Å². The SMILES string of the molecule is COc1cc2ncc(-c3cccc(N[C@H]4CNCC4F)n3)n2nc1C(C)(O)C(F)(F)F. The van der Waals surface area contributed by atoms with E-state index in [2.05, 4.69) is 25.7 Å². The van der Waals surface area contributed by atoms with Crippen molar-refractivity contribution in [2.45, 2.75) is 30.9 Å². The quantitative estimate of drug-likeness (QED) is 0.524. The average Bonchev–Trinajstić information content (AvgIpc) is 3.32. The number of methoxy groups -OCH3 is 1. The first-order valence-corrected chi connectivity index (χ1v) is 9.43. The highest BCUT2D eigenvalue weighted by Crippen LogP contribution is 2.41. The lowest BCUT2D eigenvalue weighted by Crippen LogP contribution is -2.40. The summed E-state index contributed by atoms with van der Waals surface area (Å²) in [6, 6.07) is 5.78. The summed E-state index contributed by atoms with van der Waals surface area (Å²) < 4.78 is 60.3. The maximum Gasteiger partial charge on any atom is 0.422 e. The van der Waals surface area contributed by atoms with Crippen molar-refractivity contribution < 1.29 is 27.4 Å². The predicted octanol–water partition coefficient (Wildman–Crippen LogP) is 2.29. The number of fused-ring (bicyclic) bond motifs is 1. The Hall–Kier alpha value is -2.99. The Bertz CT molecular complexity index is 1100. The van der Waals surface area contributed by atoms with Gasteiger partial charge in [0.1, 0.15) is 29.1 Å². The van der Waals surface area contributed by atoms with Gasteiger partial charge >= 0.3 is 6.18 Å². The average molecular weight is 440 g/mol. The molecule has 0 amide bonds. The lowest BCUT2D eigenvalue weighted by Gasteiger charge is -2.26. The minimum Gasteiger partial charge on any atom is -0.495 e. The maximum atomic E-state index is 13.9. The fourth-order valence-electron chi connectivity index (χ4n) is 3.34. The van der Waals surface area contributed by atoms with E-state index in [-0.39, 0.29) is 17.9 Å². The molecule has 2 unspecified atom stereocenters. The van der Waals surface area contributed by atoms with Crippen LogP contribution in [0.15, 0.2) is 30.5 Å². The number of aliphatic hydroxyl groups is 1. The summed E-state index contributed by atoms with van der Waals surface area (Å²) in [5.74, 6) is 0.151. The van der Waals surface area contributed by atoms with Gasteiger partial charge in [-0.05, 0) is 19.1 Å². The van der Waals surface area contributed by atoms with Crippen LogP contribution in [0.25, 0.3) is 17.0 Å². The molecule has 4 rings (SSSR count). The second kappa shape index (κ2) is 7.61. The third-order valence-corrected chi connectivity index (χ3v) is 5.18. The van der Waals surface area contributed by atoms with E-state index in [9.17, 15) is 22.7 Å². The van der Waals surface area contributed by atoms with Crippen molar-refractivity contribution in [1.29, 1.82) is 0 Å². The number of imidazole rings is 1. The zero-order valence-electron chi connectivity index (χ0n) is 16.6. The molecule has 1 saturated heterocycles. The predicted molar refractivity (Wildman–Crippen MR) is 104 cm³/mol. The molecule has 3 aromatic rings. The van der Waals surface area contributed by atoms with Gasteiger partial charge in [-0.25, -0.2) is 18.9 Å². The van der Waals surface area contributed by atoms with E-state index in [1.54, 1.807) is 18.2 Å². The Kier molecular flexibility index (Phi) is 5.21. The van der Waals surface area contributed by atoms with Gasteiger partial charge in [0.2, 0.25) is 5.60 Å². The molecule has 0 aliphatic carbocycles. The Labute approximate surface area is 174 Å². The van der Waals surface area contributed by atoms with Crippen molar-refractivity contribution in [3.8, 4) is 17.1 Å². The largest absolute Gasteiger partial charge is 0.495 e. The number of halogens is 4. The molecular weight excluding hydrogens is 420 g/mol. The maximum absolute atomic E-state index is 13.9. The molecule has 0 aromatic carbocycles. The van der Waals surface area contributed by atoms with Crippen molar-refractivity contribution in [1.82, 2.24) is 24.9 Å². The molecule has 1 aliphatic heterocycles. The van der Waals surface area contributed by atoms with Crippen molar-refractivity contribution >= 4 is 11.5 Å². The molecule has 3 atom stereocenters. The number of ether oxygens (including phenoxy) is 1. The second-order valence-corrected chi connectivity index (χ2v) is 7.38. The monoisotopic (exact) mass is 440 g/mol. The van der Waals surface area contributed by atoms with Crippen LogP contribution in [0.3, 0.4) is 0 Å². The first-order valence-electron chi connectivity index (χ1n) is 9.43.